The molecule has 1 amide bonds. The molecule has 1 aromatic carbocycles. The van der Waals surface area contributed by atoms with E-state index in [0.717, 1.165) is 12.8 Å². The Morgan fingerprint density at radius 3 is 2.62 bits per heavy atom. The molecule has 114 valence electrons. The maximum Gasteiger partial charge on any atom is 0.326 e. The molecule has 1 fully saturated rings. The van der Waals surface area contributed by atoms with E-state index in [1.165, 1.54) is 4.90 Å². The standard InChI is InChI=1S/C15H18ClNO4/c1-10(21-12-7-5-11(16)6-8-12)14(18)17-9-3-2-4-13(17)15(19)20/h5-8,10,13H,2-4,9H2,1H3,(H,19,20)/t10?,13-/m0/s1. The first-order valence-corrected chi connectivity index (χ1v) is 7.32. The second-order valence-electron chi connectivity index (χ2n) is 5.10. The normalized spacial score (nSPS) is 19.9. The van der Waals surface area contributed by atoms with E-state index in [0.29, 0.717) is 23.7 Å². The average Bonchev–Trinajstić information content (AvgIpc) is 2.48. The van der Waals surface area contributed by atoms with E-state index >= 15 is 0 Å². The van der Waals surface area contributed by atoms with Crippen molar-refractivity contribution in [3.8, 4) is 5.75 Å². The van der Waals surface area contributed by atoms with Crippen molar-refractivity contribution in [2.45, 2.75) is 38.3 Å². The van der Waals surface area contributed by atoms with Crippen LogP contribution in [0, 0.1) is 0 Å². The number of carbonyl (C=O) groups excluding carboxylic acids is 1. The van der Waals surface area contributed by atoms with Crippen LogP contribution in [-0.4, -0.2) is 40.6 Å². The lowest BCUT2D eigenvalue weighted by molar-refractivity contribution is -0.155. The molecule has 0 radical (unpaired) electrons. The minimum atomic E-state index is -0.957. The summed E-state index contributed by atoms with van der Waals surface area (Å²) in [5.41, 5.74) is 0. The maximum absolute atomic E-state index is 12.4. The number of rotatable bonds is 4. The van der Waals surface area contributed by atoms with Gasteiger partial charge in [0, 0.05) is 11.6 Å². The summed E-state index contributed by atoms with van der Waals surface area (Å²) in [5.74, 6) is -0.720. The number of carboxylic acids is 1. The number of aliphatic carboxylic acids is 1. The molecule has 1 unspecified atom stereocenters. The van der Waals surface area contributed by atoms with E-state index < -0.39 is 18.1 Å². The van der Waals surface area contributed by atoms with Crippen molar-refractivity contribution in [1.29, 1.82) is 0 Å². The fraction of sp³-hybridized carbons (Fsp3) is 0.467. The van der Waals surface area contributed by atoms with Crippen LogP contribution in [0.15, 0.2) is 24.3 Å². The Morgan fingerprint density at radius 2 is 2.00 bits per heavy atom. The number of carboxylic acid groups (broad SMARTS) is 1. The van der Waals surface area contributed by atoms with Gasteiger partial charge in [-0.15, -0.1) is 0 Å². The highest BCUT2D eigenvalue weighted by Crippen LogP contribution is 2.21. The number of hydrogen-bond donors (Lipinski definition) is 1. The quantitative estimate of drug-likeness (QED) is 0.928. The van der Waals surface area contributed by atoms with Crippen LogP contribution >= 0.6 is 11.6 Å². The van der Waals surface area contributed by atoms with Gasteiger partial charge in [0.25, 0.3) is 5.91 Å². The van der Waals surface area contributed by atoms with E-state index in [2.05, 4.69) is 0 Å². The van der Waals surface area contributed by atoms with E-state index in [4.69, 9.17) is 16.3 Å². The third-order valence-electron chi connectivity index (χ3n) is 3.55. The first-order valence-electron chi connectivity index (χ1n) is 6.94. The molecule has 0 aromatic heterocycles. The maximum atomic E-state index is 12.4. The number of piperidine rings is 1. The summed E-state index contributed by atoms with van der Waals surface area (Å²) in [7, 11) is 0. The van der Waals surface area contributed by atoms with E-state index in [1.807, 2.05) is 0 Å². The SMILES string of the molecule is CC(Oc1ccc(Cl)cc1)C(=O)N1CCCC[C@H]1C(=O)O. The van der Waals surface area contributed by atoms with Crippen molar-refractivity contribution < 1.29 is 19.4 Å². The van der Waals surface area contributed by atoms with Gasteiger partial charge in [0.05, 0.1) is 0 Å². The Kier molecular flexibility index (Phi) is 5.07. The zero-order chi connectivity index (χ0) is 15.4. The molecule has 1 N–H and O–H groups in total. The van der Waals surface area contributed by atoms with Gasteiger partial charge in [0.2, 0.25) is 0 Å². The van der Waals surface area contributed by atoms with Crippen LogP contribution in [0.1, 0.15) is 26.2 Å². The highest BCUT2D eigenvalue weighted by molar-refractivity contribution is 6.30. The summed E-state index contributed by atoms with van der Waals surface area (Å²) < 4.78 is 5.57. The molecule has 0 aliphatic carbocycles. The van der Waals surface area contributed by atoms with Gasteiger partial charge in [-0.2, -0.15) is 0 Å². The molecule has 0 bridgehead atoms. The van der Waals surface area contributed by atoms with Crippen LogP contribution in [-0.2, 0) is 9.59 Å². The van der Waals surface area contributed by atoms with Gasteiger partial charge in [-0.25, -0.2) is 4.79 Å². The Bertz CT molecular complexity index is 517. The van der Waals surface area contributed by atoms with Crippen molar-refractivity contribution >= 4 is 23.5 Å². The number of amides is 1. The van der Waals surface area contributed by atoms with Crippen LogP contribution in [0.2, 0.25) is 5.02 Å². The van der Waals surface area contributed by atoms with Crippen molar-refractivity contribution in [3.63, 3.8) is 0 Å². The molecule has 1 aliphatic heterocycles. The molecule has 21 heavy (non-hydrogen) atoms. The van der Waals surface area contributed by atoms with E-state index in [9.17, 15) is 14.7 Å². The summed E-state index contributed by atoms with van der Waals surface area (Å²) in [6.07, 6.45) is 1.41. The first kappa shape index (κ1) is 15.6. The van der Waals surface area contributed by atoms with Gasteiger partial charge in [-0.3, -0.25) is 4.79 Å². The lowest BCUT2D eigenvalue weighted by atomic mass is 10.0. The van der Waals surface area contributed by atoms with Gasteiger partial charge >= 0.3 is 5.97 Å². The lowest BCUT2D eigenvalue weighted by Crippen LogP contribution is -2.52. The van der Waals surface area contributed by atoms with Crippen LogP contribution < -0.4 is 4.74 Å². The first-order chi connectivity index (χ1) is 9.99. The molecule has 6 heteroatoms. The molecular weight excluding hydrogens is 294 g/mol. The Morgan fingerprint density at radius 1 is 1.33 bits per heavy atom. The number of likely N-dealkylation sites (tertiary alicyclic amines) is 1. The second kappa shape index (κ2) is 6.80. The molecule has 1 heterocycles. The number of hydrogen-bond acceptors (Lipinski definition) is 3. The van der Waals surface area contributed by atoms with Crippen LogP contribution in [0.3, 0.4) is 0 Å². The van der Waals surface area contributed by atoms with Gasteiger partial charge in [0.15, 0.2) is 6.10 Å². The second-order valence-corrected chi connectivity index (χ2v) is 5.53. The van der Waals surface area contributed by atoms with Crippen LogP contribution in [0.4, 0.5) is 0 Å². The molecule has 1 aliphatic rings. The predicted molar refractivity (Wildman–Crippen MR) is 78.5 cm³/mol. The summed E-state index contributed by atoms with van der Waals surface area (Å²) in [6, 6.07) is 5.96. The molecule has 0 saturated carbocycles. The highest BCUT2D eigenvalue weighted by Gasteiger charge is 2.34. The Hall–Kier alpha value is -1.75. The van der Waals surface area contributed by atoms with Gasteiger partial charge in [-0.05, 0) is 50.5 Å². The summed E-state index contributed by atoms with van der Waals surface area (Å²) in [5, 5.41) is 9.80. The van der Waals surface area contributed by atoms with Gasteiger partial charge in [0.1, 0.15) is 11.8 Å². The Labute approximate surface area is 128 Å². The number of ether oxygens (including phenoxy) is 1. The molecular formula is C15H18ClNO4. The van der Waals surface area contributed by atoms with E-state index in [1.54, 1.807) is 31.2 Å². The monoisotopic (exact) mass is 311 g/mol. The number of nitrogens with zero attached hydrogens (tertiary/aromatic N) is 1. The average molecular weight is 312 g/mol. The number of carbonyl (C=O) groups is 2. The van der Waals surface area contributed by atoms with Crippen molar-refractivity contribution in [2.75, 3.05) is 6.54 Å². The molecule has 1 saturated heterocycles. The Balaban J connectivity index is 2.03. The largest absolute Gasteiger partial charge is 0.481 e. The topological polar surface area (TPSA) is 66.8 Å². The third kappa shape index (κ3) is 3.88. The minimum absolute atomic E-state index is 0.294. The van der Waals surface area contributed by atoms with E-state index in [-0.39, 0.29) is 5.91 Å². The number of benzene rings is 1. The number of halogens is 1. The summed E-state index contributed by atoms with van der Waals surface area (Å²) in [6.45, 7) is 2.09. The molecule has 5 nitrogen and oxygen atoms in total. The summed E-state index contributed by atoms with van der Waals surface area (Å²) >= 11 is 5.79. The molecule has 1 aromatic rings. The highest BCUT2D eigenvalue weighted by atomic mass is 35.5. The van der Waals surface area contributed by atoms with Crippen molar-refractivity contribution in [2.24, 2.45) is 0 Å². The predicted octanol–water partition coefficient (Wildman–Crippen LogP) is 2.57. The zero-order valence-corrected chi connectivity index (χ0v) is 12.5. The molecule has 0 spiro atoms. The van der Waals surface area contributed by atoms with Crippen LogP contribution in [0.25, 0.3) is 0 Å². The van der Waals surface area contributed by atoms with Crippen molar-refractivity contribution in [1.82, 2.24) is 4.90 Å². The fourth-order valence-electron chi connectivity index (χ4n) is 2.45. The molecule has 2 atom stereocenters. The summed E-state index contributed by atoms with van der Waals surface area (Å²) in [4.78, 5) is 25.0. The minimum Gasteiger partial charge on any atom is -0.481 e. The zero-order valence-electron chi connectivity index (χ0n) is 11.8. The third-order valence-corrected chi connectivity index (χ3v) is 3.80. The van der Waals surface area contributed by atoms with Crippen LogP contribution in [0.5, 0.6) is 5.75 Å². The van der Waals surface area contributed by atoms with Crippen molar-refractivity contribution in [3.05, 3.63) is 29.3 Å². The van der Waals surface area contributed by atoms with Gasteiger partial charge in [-0.1, -0.05) is 11.6 Å². The smallest absolute Gasteiger partial charge is 0.326 e. The fourth-order valence-corrected chi connectivity index (χ4v) is 2.58. The van der Waals surface area contributed by atoms with Gasteiger partial charge < -0.3 is 14.7 Å². The molecule has 2 rings (SSSR count). The lowest BCUT2D eigenvalue weighted by Gasteiger charge is -2.34.